The zero-order valence-corrected chi connectivity index (χ0v) is 12.4. The first-order chi connectivity index (χ1) is 8.76. The Morgan fingerprint density at radius 1 is 1.33 bits per heavy atom. The van der Waals surface area contributed by atoms with Crippen LogP contribution in [0.1, 0.15) is 11.5 Å². The van der Waals surface area contributed by atoms with Crippen LogP contribution in [0.15, 0.2) is 16.5 Å². The molecule has 0 aliphatic rings. The van der Waals surface area contributed by atoms with Gasteiger partial charge in [0, 0.05) is 26.7 Å². The van der Waals surface area contributed by atoms with Gasteiger partial charge in [-0.05, 0) is 25.4 Å². The van der Waals surface area contributed by atoms with Crippen LogP contribution in [0.2, 0.25) is 0 Å². The van der Waals surface area contributed by atoms with Gasteiger partial charge in [-0.1, -0.05) is 0 Å². The van der Waals surface area contributed by atoms with Gasteiger partial charge in [0.15, 0.2) is 0 Å². The highest BCUT2D eigenvalue weighted by atomic mass is 32.2. The molecule has 0 spiro atoms. The number of nitrogens with zero attached hydrogens (tertiary/aromatic N) is 1. The predicted octanol–water partition coefficient (Wildman–Crippen LogP) is 1.81. The van der Waals surface area contributed by atoms with Crippen LogP contribution in [0.25, 0.3) is 0 Å². The molecular weight excluding hydrogens is 248 g/mol. The summed E-state index contributed by atoms with van der Waals surface area (Å²) in [5.41, 5.74) is 0. The van der Waals surface area contributed by atoms with Gasteiger partial charge in [0.1, 0.15) is 11.5 Å². The number of nitrogens with one attached hydrogen (secondary N) is 1. The van der Waals surface area contributed by atoms with Crippen molar-refractivity contribution in [1.82, 2.24) is 10.2 Å². The van der Waals surface area contributed by atoms with Gasteiger partial charge < -0.3 is 19.4 Å². The molecule has 0 unspecified atom stereocenters. The molecular formula is C13H24N2O2S. The first-order valence-electron chi connectivity index (χ1n) is 6.21. The predicted molar refractivity (Wildman–Crippen MR) is 77.0 cm³/mol. The quantitative estimate of drug-likeness (QED) is 0.658. The maximum atomic E-state index is 5.68. The minimum atomic E-state index is 0.784. The van der Waals surface area contributed by atoms with Crippen molar-refractivity contribution in [3.05, 3.63) is 23.7 Å². The number of hydrogen-bond acceptors (Lipinski definition) is 5. The maximum Gasteiger partial charge on any atom is 0.118 e. The number of thioether (sulfide) groups is 1. The smallest absolute Gasteiger partial charge is 0.118 e. The Morgan fingerprint density at radius 2 is 2.11 bits per heavy atom. The monoisotopic (exact) mass is 272 g/mol. The van der Waals surface area contributed by atoms with E-state index in [1.54, 1.807) is 18.9 Å². The molecule has 4 nitrogen and oxygen atoms in total. The van der Waals surface area contributed by atoms with E-state index in [0.717, 1.165) is 50.1 Å². The van der Waals surface area contributed by atoms with Crippen molar-refractivity contribution in [3.63, 3.8) is 0 Å². The minimum absolute atomic E-state index is 0.784. The molecule has 1 rings (SSSR count). The van der Waals surface area contributed by atoms with Gasteiger partial charge in [0.2, 0.25) is 0 Å². The van der Waals surface area contributed by atoms with Crippen molar-refractivity contribution < 1.29 is 9.15 Å². The first-order valence-corrected chi connectivity index (χ1v) is 7.60. The second-order valence-corrected chi connectivity index (χ2v) is 5.14. The SMILES string of the molecule is COCCN(C)CCNCc1ccc(CSC)o1. The summed E-state index contributed by atoms with van der Waals surface area (Å²) in [6.07, 6.45) is 2.08. The zero-order valence-electron chi connectivity index (χ0n) is 11.6. The summed E-state index contributed by atoms with van der Waals surface area (Å²) in [4.78, 5) is 2.25. The van der Waals surface area contributed by atoms with E-state index < -0.39 is 0 Å². The third kappa shape index (κ3) is 6.44. The second-order valence-electron chi connectivity index (χ2n) is 4.27. The van der Waals surface area contributed by atoms with E-state index in [1.165, 1.54) is 0 Å². The summed E-state index contributed by atoms with van der Waals surface area (Å²) < 4.78 is 10.7. The molecule has 0 amide bonds. The van der Waals surface area contributed by atoms with Gasteiger partial charge in [-0.3, -0.25) is 0 Å². The highest BCUT2D eigenvalue weighted by Crippen LogP contribution is 2.12. The molecule has 0 aromatic carbocycles. The largest absolute Gasteiger partial charge is 0.464 e. The standard InChI is InChI=1S/C13H24N2O2S/c1-15(8-9-16-2)7-6-14-10-12-4-5-13(17-12)11-18-3/h4-5,14H,6-11H2,1-3H3. The molecule has 0 aliphatic heterocycles. The molecule has 1 aromatic rings. The van der Waals surface area contributed by atoms with Crippen molar-refractivity contribution in [2.75, 3.05) is 46.7 Å². The zero-order chi connectivity index (χ0) is 13.2. The van der Waals surface area contributed by atoms with E-state index >= 15 is 0 Å². The van der Waals surface area contributed by atoms with Crippen LogP contribution in [-0.4, -0.2) is 51.6 Å². The summed E-state index contributed by atoms with van der Waals surface area (Å²) in [6.45, 7) is 4.52. The summed E-state index contributed by atoms with van der Waals surface area (Å²) >= 11 is 1.78. The van der Waals surface area contributed by atoms with Crippen LogP contribution in [0, 0.1) is 0 Å². The molecule has 0 bridgehead atoms. The lowest BCUT2D eigenvalue weighted by Crippen LogP contribution is -2.31. The Hall–Kier alpha value is -0.490. The van der Waals surface area contributed by atoms with E-state index in [9.17, 15) is 0 Å². The molecule has 0 saturated heterocycles. The summed E-state index contributed by atoms with van der Waals surface area (Å²) in [6, 6.07) is 4.10. The van der Waals surface area contributed by atoms with Crippen LogP contribution in [-0.2, 0) is 17.0 Å². The van der Waals surface area contributed by atoms with Gasteiger partial charge in [-0.2, -0.15) is 11.8 Å². The van der Waals surface area contributed by atoms with Gasteiger partial charge in [-0.15, -0.1) is 0 Å². The van der Waals surface area contributed by atoms with Crippen LogP contribution in [0.3, 0.4) is 0 Å². The average Bonchev–Trinajstić information content (AvgIpc) is 2.80. The van der Waals surface area contributed by atoms with Crippen molar-refractivity contribution in [1.29, 1.82) is 0 Å². The number of ether oxygens (including phenoxy) is 1. The number of rotatable bonds is 10. The molecule has 18 heavy (non-hydrogen) atoms. The molecule has 0 atom stereocenters. The Labute approximate surface area is 114 Å². The molecule has 104 valence electrons. The molecule has 0 aliphatic carbocycles. The number of furan rings is 1. The fourth-order valence-corrected chi connectivity index (χ4v) is 2.02. The van der Waals surface area contributed by atoms with E-state index in [4.69, 9.17) is 9.15 Å². The molecule has 1 heterocycles. The molecule has 0 saturated carbocycles. The van der Waals surface area contributed by atoms with Crippen molar-refractivity contribution in [2.24, 2.45) is 0 Å². The second kappa shape index (κ2) is 9.44. The highest BCUT2D eigenvalue weighted by Gasteiger charge is 2.01. The van der Waals surface area contributed by atoms with Crippen molar-refractivity contribution >= 4 is 11.8 Å². The van der Waals surface area contributed by atoms with Gasteiger partial charge in [-0.25, -0.2) is 0 Å². The number of methoxy groups -OCH3 is 1. The molecule has 1 N–H and O–H groups in total. The van der Waals surface area contributed by atoms with E-state index in [-0.39, 0.29) is 0 Å². The fraction of sp³-hybridized carbons (Fsp3) is 0.692. The van der Waals surface area contributed by atoms with Crippen LogP contribution < -0.4 is 5.32 Å². The Balaban J connectivity index is 2.09. The van der Waals surface area contributed by atoms with Gasteiger partial charge in [0.25, 0.3) is 0 Å². The van der Waals surface area contributed by atoms with Crippen LogP contribution in [0.4, 0.5) is 0 Å². The van der Waals surface area contributed by atoms with Gasteiger partial charge >= 0.3 is 0 Å². The first kappa shape index (κ1) is 15.6. The lowest BCUT2D eigenvalue weighted by atomic mass is 10.4. The van der Waals surface area contributed by atoms with Crippen LogP contribution in [0.5, 0.6) is 0 Å². The Morgan fingerprint density at radius 3 is 2.83 bits per heavy atom. The van der Waals surface area contributed by atoms with Gasteiger partial charge in [0.05, 0.1) is 18.9 Å². The van der Waals surface area contributed by atoms with E-state index in [2.05, 4.69) is 29.6 Å². The lowest BCUT2D eigenvalue weighted by Gasteiger charge is -2.15. The highest BCUT2D eigenvalue weighted by molar-refractivity contribution is 7.97. The summed E-state index contributed by atoms with van der Waals surface area (Å²) in [7, 11) is 3.83. The summed E-state index contributed by atoms with van der Waals surface area (Å²) in [5, 5.41) is 3.38. The average molecular weight is 272 g/mol. The lowest BCUT2D eigenvalue weighted by molar-refractivity contribution is 0.161. The third-order valence-corrected chi connectivity index (χ3v) is 3.22. The van der Waals surface area contributed by atoms with E-state index in [0.29, 0.717) is 0 Å². The normalized spacial score (nSPS) is 11.3. The molecule has 1 aromatic heterocycles. The number of hydrogen-bond donors (Lipinski definition) is 1. The molecule has 0 fully saturated rings. The topological polar surface area (TPSA) is 37.6 Å². The van der Waals surface area contributed by atoms with E-state index in [1.807, 2.05) is 6.07 Å². The fourth-order valence-electron chi connectivity index (χ4n) is 1.58. The minimum Gasteiger partial charge on any atom is -0.464 e. The van der Waals surface area contributed by atoms with Crippen molar-refractivity contribution in [2.45, 2.75) is 12.3 Å². The van der Waals surface area contributed by atoms with Crippen LogP contribution >= 0.6 is 11.8 Å². The number of likely N-dealkylation sites (N-methyl/N-ethyl adjacent to an activating group) is 1. The molecule has 5 heteroatoms. The summed E-state index contributed by atoms with van der Waals surface area (Å²) in [5.74, 6) is 3.01. The maximum absolute atomic E-state index is 5.68. The van der Waals surface area contributed by atoms with Crippen molar-refractivity contribution in [3.8, 4) is 0 Å². The molecule has 0 radical (unpaired) electrons. The Kier molecular flexibility index (Phi) is 8.17. The third-order valence-electron chi connectivity index (χ3n) is 2.65. The Bertz CT molecular complexity index is 318.